The van der Waals surface area contributed by atoms with Gasteiger partial charge in [0.2, 0.25) is 10.0 Å². The SMILES string of the molecule is O=S(=O)(c1c(F)cccc1F)N1CCN(Cc2cn3cc(Br)ccc3n2)CC1. The van der Waals surface area contributed by atoms with E-state index in [4.69, 9.17) is 0 Å². The molecule has 0 spiro atoms. The number of imidazole rings is 1. The van der Waals surface area contributed by atoms with Gasteiger partial charge in [-0.2, -0.15) is 4.31 Å². The largest absolute Gasteiger partial charge is 0.306 e. The molecule has 4 rings (SSSR count). The Morgan fingerprint density at radius 3 is 2.36 bits per heavy atom. The number of pyridine rings is 1. The van der Waals surface area contributed by atoms with Crippen LogP contribution >= 0.6 is 15.9 Å². The maximum absolute atomic E-state index is 13.9. The van der Waals surface area contributed by atoms with Gasteiger partial charge in [-0.25, -0.2) is 22.2 Å². The molecule has 1 fully saturated rings. The summed E-state index contributed by atoms with van der Waals surface area (Å²) >= 11 is 3.42. The van der Waals surface area contributed by atoms with E-state index in [-0.39, 0.29) is 13.1 Å². The second-order valence-electron chi connectivity index (χ2n) is 6.58. The third-order valence-electron chi connectivity index (χ3n) is 4.70. The highest BCUT2D eigenvalue weighted by molar-refractivity contribution is 9.10. The van der Waals surface area contributed by atoms with Crippen molar-refractivity contribution in [3.63, 3.8) is 0 Å². The maximum Gasteiger partial charge on any atom is 0.249 e. The van der Waals surface area contributed by atoms with Gasteiger partial charge in [0.05, 0.1) is 5.69 Å². The number of sulfonamides is 1. The minimum Gasteiger partial charge on any atom is -0.306 e. The molecule has 1 aliphatic rings. The van der Waals surface area contributed by atoms with E-state index in [1.54, 1.807) is 0 Å². The molecule has 2 aromatic heterocycles. The van der Waals surface area contributed by atoms with Gasteiger partial charge in [0.1, 0.15) is 17.3 Å². The zero-order valence-corrected chi connectivity index (χ0v) is 17.1. The predicted molar refractivity (Wildman–Crippen MR) is 103 cm³/mol. The van der Waals surface area contributed by atoms with Crippen molar-refractivity contribution in [2.24, 2.45) is 0 Å². The molecule has 3 heterocycles. The third kappa shape index (κ3) is 3.69. The number of nitrogens with zero attached hydrogens (tertiary/aromatic N) is 4. The summed E-state index contributed by atoms with van der Waals surface area (Å²) in [5, 5.41) is 0. The highest BCUT2D eigenvalue weighted by atomic mass is 79.9. The zero-order chi connectivity index (χ0) is 19.9. The van der Waals surface area contributed by atoms with Gasteiger partial charge in [-0.1, -0.05) is 6.07 Å². The average Bonchev–Trinajstić information content (AvgIpc) is 3.03. The Bertz CT molecular complexity index is 1110. The van der Waals surface area contributed by atoms with Crippen molar-refractivity contribution in [3.8, 4) is 0 Å². The summed E-state index contributed by atoms with van der Waals surface area (Å²) in [6.07, 6.45) is 3.84. The number of hydrogen-bond donors (Lipinski definition) is 0. The van der Waals surface area contributed by atoms with Crippen molar-refractivity contribution in [1.82, 2.24) is 18.6 Å². The summed E-state index contributed by atoms with van der Waals surface area (Å²) < 4.78 is 57.1. The van der Waals surface area contributed by atoms with Crippen molar-refractivity contribution in [1.29, 1.82) is 0 Å². The fourth-order valence-electron chi connectivity index (χ4n) is 3.31. The van der Waals surface area contributed by atoms with E-state index < -0.39 is 26.6 Å². The Labute approximate surface area is 169 Å². The average molecular weight is 471 g/mol. The molecule has 0 radical (unpaired) electrons. The van der Waals surface area contributed by atoms with Crippen LogP contribution in [0.3, 0.4) is 0 Å². The van der Waals surface area contributed by atoms with Crippen LogP contribution in [-0.2, 0) is 16.6 Å². The minimum absolute atomic E-state index is 0.162. The van der Waals surface area contributed by atoms with Crippen molar-refractivity contribution >= 4 is 31.6 Å². The van der Waals surface area contributed by atoms with Gasteiger partial charge in [-0.05, 0) is 40.2 Å². The van der Waals surface area contributed by atoms with E-state index >= 15 is 0 Å². The van der Waals surface area contributed by atoms with Gasteiger partial charge in [0.25, 0.3) is 0 Å². The van der Waals surface area contributed by atoms with E-state index in [1.165, 1.54) is 0 Å². The number of aromatic nitrogens is 2. The van der Waals surface area contributed by atoms with Crippen LogP contribution in [0.1, 0.15) is 5.69 Å². The number of benzene rings is 1. The lowest BCUT2D eigenvalue weighted by Gasteiger charge is -2.33. The normalized spacial score (nSPS) is 16.7. The smallest absolute Gasteiger partial charge is 0.249 e. The first-order valence-electron chi connectivity index (χ1n) is 8.64. The van der Waals surface area contributed by atoms with Crippen LogP contribution in [0.4, 0.5) is 8.78 Å². The second-order valence-corrected chi connectivity index (χ2v) is 9.37. The van der Waals surface area contributed by atoms with Crippen LogP contribution in [-0.4, -0.2) is 53.2 Å². The summed E-state index contributed by atoms with van der Waals surface area (Å²) in [7, 11) is -4.21. The lowest BCUT2D eigenvalue weighted by molar-refractivity contribution is 0.179. The molecule has 0 N–H and O–H groups in total. The van der Waals surface area contributed by atoms with Crippen LogP contribution in [0.15, 0.2) is 52.1 Å². The van der Waals surface area contributed by atoms with Gasteiger partial charge < -0.3 is 4.40 Å². The topological polar surface area (TPSA) is 57.9 Å². The molecule has 1 aromatic carbocycles. The quantitative estimate of drug-likeness (QED) is 0.588. The summed E-state index contributed by atoms with van der Waals surface area (Å²) in [6, 6.07) is 6.87. The molecular formula is C18H17BrF2N4O2S. The number of piperazine rings is 1. The van der Waals surface area contributed by atoms with Crippen molar-refractivity contribution in [3.05, 3.63) is 64.5 Å². The predicted octanol–water partition coefficient (Wildman–Crippen LogP) is 2.88. The lowest BCUT2D eigenvalue weighted by Crippen LogP contribution is -2.48. The maximum atomic E-state index is 13.9. The molecule has 0 saturated carbocycles. The molecule has 148 valence electrons. The summed E-state index contributed by atoms with van der Waals surface area (Å²) in [5.41, 5.74) is 1.70. The van der Waals surface area contributed by atoms with Crippen molar-refractivity contribution < 1.29 is 17.2 Å². The number of halogens is 3. The fraction of sp³-hybridized carbons (Fsp3) is 0.278. The number of rotatable bonds is 4. The first kappa shape index (κ1) is 19.4. The molecule has 0 atom stereocenters. The molecule has 28 heavy (non-hydrogen) atoms. The Kier molecular flexibility index (Phi) is 5.21. The molecule has 0 amide bonds. The van der Waals surface area contributed by atoms with E-state index in [9.17, 15) is 17.2 Å². The van der Waals surface area contributed by atoms with Gasteiger partial charge in [0.15, 0.2) is 4.90 Å². The molecule has 6 nitrogen and oxygen atoms in total. The van der Waals surface area contributed by atoms with Gasteiger partial charge in [0, 0.05) is 49.6 Å². The van der Waals surface area contributed by atoms with Crippen LogP contribution in [0, 0.1) is 11.6 Å². The first-order chi connectivity index (χ1) is 13.3. The van der Waals surface area contributed by atoms with E-state index in [1.807, 2.05) is 28.9 Å². The van der Waals surface area contributed by atoms with Gasteiger partial charge >= 0.3 is 0 Å². The Morgan fingerprint density at radius 2 is 1.68 bits per heavy atom. The zero-order valence-electron chi connectivity index (χ0n) is 14.7. The number of fused-ring (bicyclic) bond motifs is 1. The molecule has 0 bridgehead atoms. The molecule has 0 unspecified atom stereocenters. The molecule has 10 heteroatoms. The van der Waals surface area contributed by atoms with Crippen molar-refractivity contribution in [2.45, 2.75) is 11.4 Å². The van der Waals surface area contributed by atoms with Crippen LogP contribution in [0.25, 0.3) is 5.65 Å². The lowest BCUT2D eigenvalue weighted by atomic mass is 10.3. The van der Waals surface area contributed by atoms with E-state index in [0.717, 1.165) is 38.3 Å². The second kappa shape index (κ2) is 7.51. The summed E-state index contributed by atoms with van der Waals surface area (Å²) in [4.78, 5) is 5.75. The van der Waals surface area contributed by atoms with E-state index in [2.05, 4.69) is 25.8 Å². The van der Waals surface area contributed by atoms with Crippen molar-refractivity contribution in [2.75, 3.05) is 26.2 Å². The van der Waals surface area contributed by atoms with Crippen LogP contribution in [0.5, 0.6) is 0 Å². The minimum atomic E-state index is -4.21. The summed E-state index contributed by atoms with van der Waals surface area (Å²) in [6.45, 7) is 1.80. The molecular weight excluding hydrogens is 454 g/mol. The molecule has 1 aliphatic heterocycles. The third-order valence-corrected chi connectivity index (χ3v) is 7.12. The first-order valence-corrected chi connectivity index (χ1v) is 10.9. The molecule has 3 aromatic rings. The monoisotopic (exact) mass is 470 g/mol. The molecule has 1 saturated heterocycles. The van der Waals surface area contributed by atoms with E-state index in [0.29, 0.717) is 19.6 Å². The number of hydrogen-bond acceptors (Lipinski definition) is 4. The Morgan fingerprint density at radius 1 is 1.00 bits per heavy atom. The molecule has 0 aliphatic carbocycles. The van der Waals surface area contributed by atoms with Crippen LogP contribution in [0.2, 0.25) is 0 Å². The fourth-order valence-corrected chi connectivity index (χ4v) is 5.19. The standard InChI is InChI=1S/C18H17BrF2N4O2S/c19-13-4-5-17-22-14(12-24(17)10-13)11-23-6-8-25(9-7-23)28(26,27)18-15(20)2-1-3-16(18)21/h1-5,10,12H,6-9,11H2. The summed E-state index contributed by atoms with van der Waals surface area (Å²) in [5.74, 6) is -2.14. The highest BCUT2D eigenvalue weighted by Gasteiger charge is 2.33. The Balaban J connectivity index is 1.45. The van der Waals surface area contributed by atoms with Gasteiger partial charge in [-0.3, -0.25) is 4.90 Å². The Hall–Kier alpha value is -1.88. The van der Waals surface area contributed by atoms with Crippen LogP contribution < -0.4 is 0 Å². The van der Waals surface area contributed by atoms with Gasteiger partial charge in [-0.15, -0.1) is 0 Å². The highest BCUT2D eigenvalue weighted by Crippen LogP contribution is 2.24.